The number of hydrogen-bond acceptors (Lipinski definition) is 3. The van der Waals surface area contributed by atoms with Crippen LogP contribution in [0.3, 0.4) is 0 Å². The number of rotatable bonds is 3. The Bertz CT molecular complexity index is 451. The Kier molecular flexibility index (Phi) is 3.49. The summed E-state index contributed by atoms with van der Waals surface area (Å²) in [4.78, 5) is 0. The summed E-state index contributed by atoms with van der Waals surface area (Å²) in [6.45, 7) is 1.08. The Morgan fingerprint density at radius 3 is 2.56 bits per heavy atom. The lowest BCUT2D eigenvalue weighted by atomic mass is 10.2. The third kappa shape index (κ3) is 2.74. The monoisotopic (exact) mass is 261 g/mol. The van der Waals surface area contributed by atoms with Crippen LogP contribution in [-0.4, -0.2) is 32.6 Å². The van der Waals surface area contributed by atoms with Crippen molar-refractivity contribution in [3.63, 3.8) is 0 Å². The first kappa shape index (κ1) is 11.9. The fourth-order valence-corrected chi connectivity index (χ4v) is 3.01. The van der Waals surface area contributed by atoms with Gasteiger partial charge in [0.05, 0.1) is 12.4 Å². The van der Waals surface area contributed by atoms with Crippen LogP contribution in [0.1, 0.15) is 5.56 Å². The minimum absolute atomic E-state index is 0.00642. The van der Waals surface area contributed by atoms with Gasteiger partial charge in [0.25, 0.3) is 0 Å². The van der Waals surface area contributed by atoms with Gasteiger partial charge in [-0.15, -0.1) is 0 Å². The van der Waals surface area contributed by atoms with E-state index in [1.807, 2.05) is 0 Å². The van der Waals surface area contributed by atoms with Crippen LogP contribution in [0.15, 0.2) is 24.3 Å². The molecule has 1 aromatic carbocycles. The summed E-state index contributed by atoms with van der Waals surface area (Å²) >= 11 is 5.73. The molecule has 4 nitrogen and oxygen atoms in total. The van der Waals surface area contributed by atoms with Crippen molar-refractivity contribution in [3.05, 3.63) is 34.9 Å². The Balaban J connectivity index is 2.11. The van der Waals surface area contributed by atoms with E-state index in [1.165, 1.54) is 4.31 Å². The van der Waals surface area contributed by atoms with Crippen molar-refractivity contribution in [1.82, 2.24) is 4.31 Å². The first-order valence-electron chi connectivity index (χ1n) is 4.88. The van der Waals surface area contributed by atoms with Crippen molar-refractivity contribution >= 4 is 21.6 Å². The van der Waals surface area contributed by atoms with Crippen LogP contribution < -0.4 is 0 Å². The van der Waals surface area contributed by atoms with E-state index in [0.29, 0.717) is 18.2 Å². The van der Waals surface area contributed by atoms with E-state index in [-0.39, 0.29) is 12.5 Å². The van der Waals surface area contributed by atoms with Crippen LogP contribution in [0.4, 0.5) is 0 Å². The highest BCUT2D eigenvalue weighted by atomic mass is 35.5. The molecule has 16 heavy (non-hydrogen) atoms. The molecule has 2 rings (SSSR count). The van der Waals surface area contributed by atoms with E-state index in [4.69, 9.17) is 16.3 Å². The van der Waals surface area contributed by atoms with E-state index < -0.39 is 10.0 Å². The number of benzene rings is 1. The Hall–Kier alpha value is -0.620. The number of nitrogens with zero attached hydrogens (tertiary/aromatic N) is 1. The molecular formula is C10H12ClNO3S. The zero-order valence-corrected chi connectivity index (χ0v) is 10.2. The molecule has 0 aromatic heterocycles. The van der Waals surface area contributed by atoms with Gasteiger partial charge in [-0.1, -0.05) is 23.7 Å². The second-order valence-corrected chi connectivity index (χ2v) is 6.00. The average molecular weight is 262 g/mol. The summed E-state index contributed by atoms with van der Waals surface area (Å²) in [5.74, 6) is -0.00642. The van der Waals surface area contributed by atoms with Crippen LogP contribution in [0.5, 0.6) is 0 Å². The summed E-state index contributed by atoms with van der Waals surface area (Å²) in [5, 5.41) is 0.602. The molecule has 0 radical (unpaired) electrons. The molecule has 0 amide bonds. The van der Waals surface area contributed by atoms with Crippen molar-refractivity contribution < 1.29 is 13.2 Å². The topological polar surface area (TPSA) is 46.6 Å². The lowest BCUT2D eigenvalue weighted by Crippen LogP contribution is -2.29. The van der Waals surface area contributed by atoms with Gasteiger partial charge < -0.3 is 4.74 Å². The predicted molar refractivity (Wildman–Crippen MR) is 61.6 cm³/mol. The molecule has 0 bridgehead atoms. The Morgan fingerprint density at radius 1 is 1.31 bits per heavy atom. The molecule has 0 atom stereocenters. The molecule has 1 heterocycles. The number of hydrogen-bond donors (Lipinski definition) is 0. The first-order valence-corrected chi connectivity index (χ1v) is 6.87. The SMILES string of the molecule is O=S(=O)(Cc1ccc(Cl)cc1)N1CCOC1. The molecule has 0 N–H and O–H groups in total. The van der Waals surface area contributed by atoms with Gasteiger partial charge >= 0.3 is 0 Å². The van der Waals surface area contributed by atoms with Gasteiger partial charge in [0.2, 0.25) is 10.0 Å². The highest BCUT2D eigenvalue weighted by Gasteiger charge is 2.25. The summed E-state index contributed by atoms with van der Waals surface area (Å²) in [6.07, 6.45) is 0. The maximum Gasteiger partial charge on any atom is 0.220 e. The zero-order chi connectivity index (χ0) is 11.6. The van der Waals surface area contributed by atoms with E-state index in [0.717, 1.165) is 5.56 Å². The molecule has 1 aliphatic rings. The van der Waals surface area contributed by atoms with E-state index >= 15 is 0 Å². The lowest BCUT2D eigenvalue weighted by molar-refractivity contribution is 0.172. The fraction of sp³-hybridized carbons (Fsp3) is 0.400. The summed E-state index contributed by atoms with van der Waals surface area (Å²) in [6, 6.07) is 6.81. The molecule has 6 heteroatoms. The van der Waals surface area contributed by atoms with E-state index in [2.05, 4.69) is 0 Å². The maximum atomic E-state index is 11.9. The van der Waals surface area contributed by atoms with Crippen molar-refractivity contribution in [1.29, 1.82) is 0 Å². The van der Waals surface area contributed by atoms with Crippen molar-refractivity contribution in [3.8, 4) is 0 Å². The van der Waals surface area contributed by atoms with Gasteiger partial charge in [-0.05, 0) is 17.7 Å². The first-order chi connectivity index (χ1) is 7.58. The van der Waals surface area contributed by atoms with Gasteiger partial charge in [-0.25, -0.2) is 8.42 Å². The van der Waals surface area contributed by atoms with Gasteiger partial charge in [0.1, 0.15) is 6.73 Å². The van der Waals surface area contributed by atoms with Crippen LogP contribution >= 0.6 is 11.6 Å². The van der Waals surface area contributed by atoms with Gasteiger partial charge in [-0.2, -0.15) is 4.31 Å². The largest absolute Gasteiger partial charge is 0.364 e. The summed E-state index contributed by atoms with van der Waals surface area (Å²) < 4.78 is 30.2. The molecule has 1 aliphatic heterocycles. The van der Waals surface area contributed by atoms with Gasteiger partial charge in [0, 0.05) is 11.6 Å². The Labute approximate surface area is 99.8 Å². The molecule has 0 aliphatic carbocycles. The van der Waals surface area contributed by atoms with Crippen LogP contribution in [-0.2, 0) is 20.5 Å². The maximum absolute atomic E-state index is 11.9. The minimum Gasteiger partial charge on any atom is -0.364 e. The second-order valence-electron chi connectivity index (χ2n) is 3.60. The van der Waals surface area contributed by atoms with E-state index in [9.17, 15) is 8.42 Å². The third-order valence-electron chi connectivity index (χ3n) is 2.38. The van der Waals surface area contributed by atoms with Crippen molar-refractivity contribution in [2.45, 2.75) is 5.75 Å². The number of halogens is 1. The standard InChI is InChI=1S/C10H12ClNO3S/c11-10-3-1-9(2-4-10)7-16(13,14)12-5-6-15-8-12/h1-4H,5-8H2. The summed E-state index contributed by atoms with van der Waals surface area (Å²) in [7, 11) is -3.26. The quantitative estimate of drug-likeness (QED) is 0.828. The van der Waals surface area contributed by atoms with Gasteiger partial charge in [0.15, 0.2) is 0 Å². The molecule has 1 saturated heterocycles. The highest BCUT2D eigenvalue weighted by molar-refractivity contribution is 7.88. The van der Waals surface area contributed by atoms with Crippen LogP contribution in [0.2, 0.25) is 5.02 Å². The predicted octanol–water partition coefficient (Wildman–Crippen LogP) is 1.46. The smallest absolute Gasteiger partial charge is 0.220 e. The van der Waals surface area contributed by atoms with Crippen LogP contribution in [0.25, 0.3) is 0 Å². The van der Waals surface area contributed by atoms with Crippen LogP contribution in [0, 0.1) is 0 Å². The second kappa shape index (κ2) is 4.71. The molecule has 0 unspecified atom stereocenters. The minimum atomic E-state index is -3.26. The van der Waals surface area contributed by atoms with Crippen molar-refractivity contribution in [2.24, 2.45) is 0 Å². The molecule has 88 valence electrons. The number of sulfonamides is 1. The summed E-state index contributed by atoms with van der Waals surface area (Å²) in [5.41, 5.74) is 0.733. The highest BCUT2D eigenvalue weighted by Crippen LogP contribution is 2.15. The molecule has 0 saturated carbocycles. The average Bonchev–Trinajstić information content (AvgIpc) is 2.75. The molecule has 1 aromatic rings. The molecule has 0 spiro atoms. The van der Waals surface area contributed by atoms with Gasteiger partial charge in [-0.3, -0.25) is 0 Å². The van der Waals surface area contributed by atoms with E-state index in [1.54, 1.807) is 24.3 Å². The normalized spacial score (nSPS) is 17.8. The zero-order valence-electron chi connectivity index (χ0n) is 8.60. The molecule has 1 fully saturated rings. The third-order valence-corrected chi connectivity index (χ3v) is 4.40. The Morgan fingerprint density at radius 2 is 2.00 bits per heavy atom. The van der Waals surface area contributed by atoms with Crippen molar-refractivity contribution in [2.75, 3.05) is 19.9 Å². The number of ether oxygens (including phenoxy) is 1. The fourth-order valence-electron chi connectivity index (χ4n) is 1.50. The lowest BCUT2D eigenvalue weighted by Gasteiger charge is -2.13. The molecular weight excluding hydrogens is 250 g/mol.